The van der Waals surface area contributed by atoms with E-state index in [0.717, 1.165) is 25.5 Å². The van der Waals surface area contributed by atoms with Gasteiger partial charge in [0.25, 0.3) is 5.56 Å². The molecule has 0 amide bonds. The summed E-state index contributed by atoms with van der Waals surface area (Å²) >= 11 is 5.99. The predicted molar refractivity (Wildman–Crippen MR) is 93.6 cm³/mol. The molecule has 1 aromatic heterocycles. The van der Waals surface area contributed by atoms with Gasteiger partial charge in [0.15, 0.2) is 0 Å². The van der Waals surface area contributed by atoms with Gasteiger partial charge in [0, 0.05) is 24.3 Å². The highest BCUT2D eigenvalue weighted by molar-refractivity contribution is 6.33. The van der Waals surface area contributed by atoms with Gasteiger partial charge in [-0.25, -0.2) is 0 Å². The monoisotopic (exact) mass is 386 g/mol. The molecule has 140 valence electrons. The van der Waals surface area contributed by atoms with Gasteiger partial charge in [-0.3, -0.25) is 4.79 Å². The highest BCUT2D eigenvalue weighted by Gasteiger charge is 2.33. The fourth-order valence-electron chi connectivity index (χ4n) is 3.38. The average Bonchev–Trinajstić information content (AvgIpc) is 2.55. The van der Waals surface area contributed by atoms with E-state index in [4.69, 9.17) is 11.6 Å². The summed E-state index contributed by atoms with van der Waals surface area (Å²) in [5, 5.41) is 9.80. The molecule has 1 aromatic carbocycles. The molecule has 1 aliphatic heterocycles. The van der Waals surface area contributed by atoms with Gasteiger partial charge >= 0.3 is 6.18 Å². The van der Waals surface area contributed by atoms with Crippen molar-refractivity contribution in [3.8, 4) is 16.9 Å². The third-order valence-corrected chi connectivity index (χ3v) is 4.93. The van der Waals surface area contributed by atoms with Crippen LogP contribution in [0.2, 0.25) is 5.02 Å². The number of halogens is 4. The molecule has 26 heavy (non-hydrogen) atoms. The molecule has 0 aliphatic carbocycles. The summed E-state index contributed by atoms with van der Waals surface area (Å²) in [6, 6.07) is 4.38. The molecule has 1 saturated heterocycles. The molecule has 0 saturated carbocycles. The number of pyridine rings is 1. The van der Waals surface area contributed by atoms with Crippen molar-refractivity contribution in [2.24, 2.45) is 0 Å². The number of nitrogens with zero attached hydrogens (tertiary/aromatic N) is 2. The van der Waals surface area contributed by atoms with Crippen molar-refractivity contribution in [2.45, 2.75) is 25.1 Å². The summed E-state index contributed by atoms with van der Waals surface area (Å²) in [5.41, 5.74) is -1.45. The standard InChI is InChI=1S/C18H18ClF3N2O2/c1-23-6-2-4-12(10-23)24-7-3-5-13(17(24)26)16-14(19)8-11(9-15(16)25)18(20,21)22/h3,5,7-9,12,25H,2,4,6,10H2,1H3/t12-/m1/s1. The Morgan fingerprint density at radius 1 is 1.31 bits per heavy atom. The molecule has 1 N–H and O–H groups in total. The van der Waals surface area contributed by atoms with E-state index >= 15 is 0 Å². The van der Waals surface area contributed by atoms with Crippen LogP contribution in [-0.2, 0) is 6.18 Å². The Labute approximate surface area is 153 Å². The normalized spacial score (nSPS) is 18.9. The first kappa shape index (κ1) is 18.8. The lowest BCUT2D eigenvalue weighted by Crippen LogP contribution is -2.37. The molecule has 8 heteroatoms. The SMILES string of the molecule is CN1CCC[C@@H](n2cccc(-c3c(O)cc(C(F)(F)F)cc3Cl)c2=O)C1. The van der Waals surface area contributed by atoms with Gasteiger partial charge in [-0.1, -0.05) is 11.6 Å². The van der Waals surface area contributed by atoms with Crippen LogP contribution in [0.4, 0.5) is 13.2 Å². The Hall–Kier alpha value is -1.99. The van der Waals surface area contributed by atoms with E-state index in [2.05, 4.69) is 4.90 Å². The fourth-order valence-corrected chi connectivity index (χ4v) is 3.69. The molecular weight excluding hydrogens is 369 g/mol. The lowest BCUT2D eigenvalue weighted by molar-refractivity contribution is -0.137. The van der Waals surface area contributed by atoms with Crippen molar-refractivity contribution in [1.82, 2.24) is 9.47 Å². The van der Waals surface area contributed by atoms with Gasteiger partial charge in [-0.05, 0) is 50.7 Å². The van der Waals surface area contributed by atoms with E-state index in [1.165, 1.54) is 6.07 Å². The lowest BCUT2D eigenvalue weighted by Gasteiger charge is -2.31. The maximum Gasteiger partial charge on any atom is 0.416 e. The number of rotatable bonds is 2. The second kappa shape index (κ2) is 6.96. The number of piperidine rings is 1. The van der Waals surface area contributed by atoms with E-state index in [1.807, 2.05) is 7.05 Å². The molecule has 2 aromatic rings. The maximum absolute atomic E-state index is 12.9. The van der Waals surface area contributed by atoms with Crippen LogP contribution in [0.5, 0.6) is 5.75 Å². The number of aromatic hydroxyl groups is 1. The molecule has 2 heterocycles. The summed E-state index contributed by atoms with van der Waals surface area (Å²) in [7, 11) is 1.97. The Bertz CT molecular complexity index is 856. The van der Waals surface area contributed by atoms with Crippen LogP contribution in [0.3, 0.4) is 0 Å². The zero-order valence-corrected chi connectivity index (χ0v) is 14.8. The molecule has 0 spiro atoms. The van der Waals surface area contributed by atoms with Gasteiger partial charge in [-0.15, -0.1) is 0 Å². The smallest absolute Gasteiger partial charge is 0.416 e. The van der Waals surface area contributed by atoms with E-state index in [0.29, 0.717) is 12.6 Å². The van der Waals surface area contributed by atoms with Crippen LogP contribution in [-0.4, -0.2) is 34.7 Å². The van der Waals surface area contributed by atoms with Crippen molar-refractivity contribution >= 4 is 11.6 Å². The van der Waals surface area contributed by atoms with Gasteiger partial charge < -0.3 is 14.6 Å². The molecule has 4 nitrogen and oxygen atoms in total. The van der Waals surface area contributed by atoms with Crippen LogP contribution >= 0.6 is 11.6 Å². The Morgan fingerprint density at radius 2 is 2.04 bits per heavy atom. The molecule has 0 unspecified atom stereocenters. The number of hydrogen-bond donors (Lipinski definition) is 1. The van der Waals surface area contributed by atoms with Crippen LogP contribution in [0, 0.1) is 0 Å². The van der Waals surface area contributed by atoms with Crippen LogP contribution in [0.1, 0.15) is 24.4 Å². The predicted octanol–water partition coefficient (Wildman–Crippen LogP) is 4.16. The summed E-state index contributed by atoms with van der Waals surface area (Å²) < 4.78 is 40.2. The fraction of sp³-hybridized carbons (Fsp3) is 0.389. The number of alkyl halides is 3. The quantitative estimate of drug-likeness (QED) is 0.843. The van der Waals surface area contributed by atoms with Crippen LogP contribution in [0.15, 0.2) is 35.3 Å². The number of likely N-dealkylation sites (tertiary alicyclic amines) is 1. The molecule has 1 fully saturated rings. The number of phenolic OH excluding ortho intramolecular Hbond substituents is 1. The number of phenols is 1. The zero-order chi connectivity index (χ0) is 19.1. The molecule has 0 radical (unpaired) electrons. The third kappa shape index (κ3) is 3.59. The van der Waals surface area contributed by atoms with Crippen molar-refractivity contribution in [3.05, 3.63) is 51.4 Å². The summed E-state index contributed by atoms with van der Waals surface area (Å²) in [5.74, 6) is -0.666. The second-order valence-electron chi connectivity index (χ2n) is 6.54. The average molecular weight is 387 g/mol. The van der Waals surface area contributed by atoms with E-state index in [1.54, 1.807) is 16.8 Å². The van der Waals surface area contributed by atoms with Gasteiger partial charge in [-0.2, -0.15) is 13.2 Å². The van der Waals surface area contributed by atoms with Gasteiger partial charge in [0.05, 0.1) is 16.1 Å². The van der Waals surface area contributed by atoms with Crippen LogP contribution < -0.4 is 5.56 Å². The van der Waals surface area contributed by atoms with Crippen LogP contribution in [0.25, 0.3) is 11.1 Å². The summed E-state index contributed by atoms with van der Waals surface area (Å²) in [4.78, 5) is 15.0. The zero-order valence-electron chi connectivity index (χ0n) is 14.1. The first-order valence-electron chi connectivity index (χ1n) is 8.18. The van der Waals surface area contributed by atoms with Gasteiger partial charge in [0.1, 0.15) is 5.75 Å². The van der Waals surface area contributed by atoms with Crippen molar-refractivity contribution in [2.75, 3.05) is 20.1 Å². The lowest BCUT2D eigenvalue weighted by atomic mass is 10.0. The first-order chi connectivity index (χ1) is 12.2. The molecule has 0 bridgehead atoms. The molecule has 1 aliphatic rings. The largest absolute Gasteiger partial charge is 0.507 e. The Morgan fingerprint density at radius 3 is 2.65 bits per heavy atom. The Balaban J connectivity index is 2.08. The van der Waals surface area contributed by atoms with E-state index in [9.17, 15) is 23.1 Å². The van der Waals surface area contributed by atoms with Crippen molar-refractivity contribution in [1.29, 1.82) is 0 Å². The van der Waals surface area contributed by atoms with E-state index in [-0.39, 0.29) is 27.8 Å². The summed E-state index contributed by atoms with van der Waals surface area (Å²) in [6.07, 6.45) is -1.20. The first-order valence-corrected chi connectivity index (χ1v) is 8.56. The third-order valence-electron chi connectivity index (χ3n) is 4.63. The topological polar surface area (TPSA) is 45.5 Å². The molecule has 1 atom stereocenters. The summed E-state index contributed by atoms with van der Waals surface area (Å²) in [6.45, 7) is 1.66. The van der Waals surface area contributed by atoms with Gasteiger partial charge in [0.2, 0.25) is 0 Å². The minimum absolute atomic E-state index is 0.0310. The van der Waals surface area contributed by atoms with Crippen molar-refractivity contribution < 1.29 is 18.3 Å². The minimum Gasteiger partial charge on any atom is -0.507 e. The van der Waals surface area contributed by atoms with Crippen molar-refractivity contribution in [3.63, 3.8) is 0 Å². The number of aromatic nitrogens is 1. The van der Waals surface area contributed by atoms with E-state index < -0.39 is 17.5 Å². The number of likely N-dealkylation sites (N-methyl/N-ethyl adjacent to an activating group) is 1. The highest BCUT2D eigenvalue weighted by atomic mass is 35.5. The maximum atomic E-state index is 12.9. The number of hydrogen-bond acceptors (Lipinski definition) is 3. The number of benzene rings is 1. The Kier molecular flexibility index (Phi) is 5.03. The highest BCUT2D eigenvalue weighted by Crippen LogP contribution is 2.40. The molecular formula is C18H18ClF3N2O2. The molecule has 3 rings (SSSR count). The minimum atomic E-state index is -4.64. The second-order valence-corrected chi connectivity index (χ2v) is 6.95.